The van der Waals surface area contributed by atoms with Crippen molar-refractivity contribution < 1.29 is 28.5 Å². The Labute approximate surface area is 189 Å². The van der Waals surface area contributed by atoms with Gasteiger partial charge in [-0.2, -0.15) is 0 Å². The number of esters is 2. The van der Waals surface area contributed by atoms with Crippen LogP contribution in [0.1, 0.15) is 38.2 Å². The van der Waals surface area contributed by atoms with E-state index in [-0.39, 0.29) is 12.1 Å². The summed E-state index contributed by atoms with van der Waals surface area (Å²) in [6.07, 6.45) is 7.77. The van der Waals surface area contributed by atoms with Gasteiger partial charge in [0.25, 0.3) is 0 Å². The Morgan fingerprint density at radius 3 is 2.22 bits per heavy atom. The quantitative estimate of drug-likeness (QED) is 0.181. The van der Waals surface area contributed by atoms with Gasteiger partial charge in [0, 0.05) is 12.2 Å². The lowest BCUT2D eigenvalue weighted by atomic mass is 10.1. The van der Waals surface area contributed by atoms with E-state index in [1.54, 1.807) is 37.5 Å². The SMILES string of the molecule is C=CC(=O)OC(C)CCCCCOc1ccc(OC(=O)/C=C/c2ccc(OC)cc2)cc1. The van der Waals surface area contributed by atoms with E-state index in [9.17, 15) is 9.59 Å². The fraction of sp³-hybridized carbons (Fsp3) is 0.308. The highest BCUT2D eigenvalue weighted by atomic mass is 16.5. The van der Waals surface area contributed by atoms with Gasteiger partial charge in [0.2, 0.25) is 0 Å². The summed E-state index contributed by atoms with van der Waals surface area (Å²) < 4.78 is 21.3. The van der Waals surface area contributed by atoms with Crippen LogP contribution in [0.4, 0.5) is 0 Å². The van der Waals surface area contributed by atoms with Crippen molar-refractivity contribution >= 4 is 18.0 Å². The molecular formula is C26H30O6. The van der Waals surface area contributed by atoms with Gasteiger partial charge < -0.3 is 18.9 Å². The van der Waals surface area contributed by atoms with Crippen LogP contribution >= 0.6 is 0 Å². The molecule has 2 aromatic carbocycles. The third-order valence-corrected chi connectivity index (χ3v) is 4.58. The standard InChI is InChI=1S/C26H30O6/c1-4-25(27)31-20(2)8-6-5-7-19-30-23-14-16-24(17-15-23)32-26(28)18-11-21-9-12-22(29-3)13-10-21/h4,9-18,20H,1,5-8,19H2,2-3H3/b18-11+. The summed E-state index contributed by atoms with van der Waals surface area (Å²) >= 11 is 0. The highest BCUT2D eigenvalue weighted by Crippen LogP contribution is 2.19. The monoisotopic (exact) mass is 438 g/mol. The minimum absolute atomic E-state index is 0.109. The van der Waals surface area contributed by atoms with Gasteiger partial charge >= 0.3 is 11.9 Å². The molecular weight excluding hydrogens is 408 g/mol. The fourth-order valence-corrected chi connectivity index (χ4v) is 2.84. The molecule has 0 aromatic heterocycles. The average molecular weight is 439 g/mol. The predicted octanol–water partition coefficient (Wildman–Crippen LogP) is 5.37. The number of rotatable bonds is 13. The summed E-state index contributed by atoms with van der Waals surface area (Å²) in [4.78, 5) is 23.1. The molecule has 6 heteroatoms. The lowest BCUT2D eigenvalue weighted by Gasteiger charge is -2.11. The largest absolute Gasteiger partial charge is 0.497 e. The summed E-state index contributed by atoms with van der Waals surface area (Å²) in [6, 6.07) is 14.3. The van der Waals surface area contributed by atoms with Crippen molar-refractivity contribution in [2.45, 2.75) is 38.7 Å². The van der Waals surface area contributed by atoms with Gasteiger partial charge in [-0.25, -0.2) is 9.59 Å². The minimum atomic E-state index is -0.456. The van der Waals surface area contributed by atoms with Gasteiger partial charge in [0.1, 0.15) is 17.2 Å². The van der Waals surface area contributed by atoms with Crippen LogP contribution in [0.2, 0.25) is 0 Å². The molecule has 170 valence electrons. The van der Waals surface area contributed by atoms with Gasteiger partial charge in [-0.05, 0) is 80.6 Å². The van der Waals surface area contributed by atoms with Gasteiger partial charge in [0.15, 0.2) is 0 Å². The van der Waals surface area contributed by atoms with Crippen LogP contribution in [0.25, 0.3) is 6.08 Å². The van der Waals surface area contributed by atoms with Gasteiger partial charge in [-0.1, -0.05) is 18.7 Å². The van der Waals surface area contributed by atoms with Crippen LogP contribution in [-0.4, -0.2) is 31.8 Å². The third-order valence-electron chi connectivity index (χ3n) is 4.58. The summed E-state index contributed by atoms with van der Waals surface area (Å²) in [6.45, 7) is 5.85. The second-order valence-corrected chi connectivity index (χ2v) is 7.15. The molecule has 1 atom stereocenters. The Bertz CT molecular complexity index is 884. The van der Waals surface area contributed by atoms with Crippen molar-refractivity contribution in [2.24, 2.45) is 0 Å². The number of benzene rings is 2. The second-order valence-electron chi connectivity index (χ2n) is 7.15. The normalized spacial score (nSPS) is 11.6. The third kappa shape index (κ3) is 9.51. The summed E-state index contributed by atoms with van der Waals surface area (Å²) in [5, 5.41) is 0. The smallest absolute Gasteiger partial charge is 0.336 e. The van der Waals surface area contributed by atoms with E-state index in [0.29, 0.717) is 18.1 Å². The zero-order valence-electron chi connectivity index (χ0n) is 18.6. The van der Waals surface area contributed by atoms with Crippen LogP contribution in [0.3, 0.4) is 0 Å². The Balaban J connectivity index is 1.65. The minimum Gasteiger partial charge on any atom is -0.497 e. The summed E-state index contributed by atoms with van der Waals surface area (Å²) in [5.41, 5.74) is 0.874. The predicted molar refractivity (Wildman–Crippen MR) is 124 cm³/mol. The zero-order valence-corrected chi connectivity index (χ0v) is 18.6. The van der Waals surface area contributed by atoms with Crippen molar-refractivity contribution in [1.29, 1.82) is 0 Å². The highest BCUT2D eigenvalue weighted by Gasteiger charge is 2.06. The lowest BCUT2D eigenvalue weighted by molar-refractivity contribution is -0.142. The average Bonchev–Trinajstić information content (AvgIpc) is 2.81. The molecule has 2 aromatic rings. The van der Waals surface area contributed by atoms with E-state index < -0.39 is 5.97 Å². The number of hydrogen-bond acceptors (Lipinski definition) is 6. The molecule has 0 N–H and O–H groups in total. The molecule has 0 radical (unpaired) electrons. The number of methoxy groups -OCH3 is 1. The molecule has 1 unspecified atom stereocenters. The van der Waals surface area contributed by atoms with Crippen molar-refractivity contribution in [3.63, 3.8) is 0 Å². The Hall–Kier alpha value is -3.54. The highest BCUT2D eigenvalue weighted by molar-refractivity contribution is 5.88. The maximum atomic E-state index is 12.0. The Morgan fingerprint density at radius 1 is 0.906 bits per heavy atom. The number of unbranched alkanes of at least 4 members (excludes halogenated alkanes) is 2. The maximum Gasteiger partial charge on any atom is 0.336 e. The molecule has 0 spiro atoms. The number of carbonyl (C=O) groups excluding carboxylic acids is 2. The van der Waals surface area contributed by atoms with E-state index >= 15 is 0 Å². The first kappa shape index (κ1) is 24.7. The Kier molecular flexibility index (Phi) is 10.6. The topological polar surface area (TPSA) is 71.1 Å². The molecule has 0 heterocycles. The zero-order chi connectivity index (χ0) is 23.2. The molecule has 0 aliphatic rings. The second kappa shape index (κ2) is 13.7. The van der Waals surface area contributed by atoms with Crippen LogP contribution < -0.4 is 14.2 Å². The molecule has 0 amide bonds. The van der Waals surface area contributed by atoms with Crippen LogP contribution in [0, 0.1) is 0 Å². The molecule has 0 bridgehead atoms. The maximum absolute atomic E-state index is 12.0. The number of hydrogen-bond donors (Lipinski definition) is 0. The number of ether oxygens (including phenoxy) is 4. The van der Waals surface area contributed by atoms with Gasteiger partial charge in [-0.3, -0.25) is 0 Å². The van der Waals surface area contributed by atoms with Crippen molar-refractivity contribution in [3.05, 3.63) is 72.8 Å². The lowest BCUT2D eigenvalue weighted by Crippen LogP contribution is -2.12. The first-order valence-corrected chi connectivity index (χ1v) is 10.6. The molecule has 0 saturated carbocycles. The van der Waals surface area contributed by atoms with Crippen LogP contribution in [-0.2, 0) is 14.3 Å². The first-order chi connectivity index (χ1) is 15.5. The molecule has 0 aliphatic carbocycles. The van der Waals surface area contributed by atoms with Gasteiger partial charge in [0.05, 0.1) is 19.8 Å². The summed E-state index contributed by atoms with van der Waals surface area (Å²) in [5.74, 6) is 1.08. The molecule has 2 rings (SSSR count). The summed E-state index contributed by atoms with van der Waals surface area (Å²) in [7, 11) is 1.60. The molecule has 32 heavy (non-hydrogen) atoms. The van der Waals surface area contributed by atoms with E-state index in [2.05, 4.69) is 6.58 Å². The van der Waals surface area contributed by atoms with Crippen LogP contribution in [0.15, 0.2) is 67.3 Å². The van der Waals surface area contributed by atoms with Crippen molar-refractivity contribution in [1.82, 2.24) is 0 Å². The van der Waals surface area contributed by atoms with E-state index in [1.165, 1.54) is 12.2 Å². The molecule has 0 saturated heterocycles. The molecule has 0 aliphatic heterocycles. The van der Waals surface area contributed by atoms with Crippen molar-refractivity contribution in [3.8, 4) is 17.2 Å². The Morgan fingerprint density at radius 2 is 1.56 bits per heavy atom. The first-order valence-electron chi connectivity index (χ1n) is 10.6. The van der Waals surface area contributed by atoms with E-state index in [0.717, 1.165) is 37.0 Å². The number of carbonyl (C=O) groups is 2. The fourth-order valence-electron chi connectivity index (χ4n) is 2.84. The molecule has 0 fully saturated rings. The van der Waals surface area contributed by atoms with E-state index in [1.807, 2.05) is 31.2 Å². The van der Waals surface area contributed by atoms with Crippen molar-refractivity contribution in [2.75, 3.05) is 13.7 Å². The van der Waals surface area contributed by atoms with E-state index in [4.69, 9.17) is 18.9 Å². The molecule has 6 nitrogen and oxygen atoms in total. The van der Waals surface area contributed by atoms with Crippen LogP contribution in [0.5, 0.6) is 17.2 Å². The van der Waals surface area contributed by atoms with Gasteiger partial charge in [-0.15, -0.1) is 0 Å².